The Morgan fingerprint density at radius 1 is 1.42 bits per heavy atom. The standard InChI is InChI=1S/C11H13F3N4O4S2/c1-3-22-10(19)17-9(23)16-7-4-6(11(12,13)14)5-15-8(7)18-24(2,20)21/h4-5H,3H2,1-2H3,(H,15,18)(H2,16,17,19,23). The first-order valence-corrected chi connectivity index (χ1v) is 8.52. The Kier molecular flexibility index (Phi) is 6.31. The molecule has 0 aliphatic rings. The summed E-state index contributed by atoms with van der Waals surface area (Å²) in [5.74, 6) is -0.418. The second kappa shape index (κ2) is 7.61. The predicted molar refractivity (Wildman–Crippen MR) is 84.1 cm³/mol. The molecule has 1 amide bonds. The van der Waals surface area contributed by atoms with Crippen LogP contribution < -0.4 is 15.4 Å². The lowest BCUT2D eigenvalue weighted by Gasteiger charge is -2.15. The number of alkyl halides is 3. The molecule has 0 radical (unpaired) electrons. The lowest BCUT2D eigenvalue weighted by atomic mass is 10.2. The van der Waals surface area contributed by atoms with E-state index in [0.717, 1.165) is 6.26 Å². The van der Waals surface area contributed by atoms with Crippen LogP contribution >= 0.6 is 12.2 Å². The van der Waals surface area contributed by atoms with Crippen molar-refractivity contribution >= 4 is 45.0 Å². The summed E-state index contributed by atoms with van der Waals surface area (Å²) in [6, 6.07) is 0.597. The molecule has 0 aliphatic carbocycles. The largest absolute Gasteiger partial charge is 0.450 e. The van der Waals surface area contributed by atoms with Crippen LogP contribution in [0.15, 0.2) is 12.3 Å². The lowest BCUT2D eigenvalue weighted by Crippen LogP contribution is -2.35. The third kappa shape index (κ3) is 6.54. The second-order valence-electron chi connectivity index (χ2n) is 4.29. The molecule has 1 aromatic heterocycles. The van der Waals surface area contributed by atoms with Gasteiger partial charge in [0, 0.05) is 6.20 Å². The number of sulfonamides is 1. The second-order valence-corrected chi connectivity index (χ2v) is 6.45. The smallest absolute Gasteiger partial charge is 0.417 e. The summed E-state index contributed by atoms with van der Waals surface area (Å²) in [6.07, 6.45) is -4.37. The van der Waals surface area contributed by atoms with Gasteiger partial charge in [-0.3, -0.25) is 10.0 Å². The van der Waals surface area contributed by atoms with Crippen LogP contribution in [-0.4, -0.2) is 37.5 Å². The summed E-state index contributed by atoms with van der Waals surface area (Å²) < 4.78 is 67.3. The van der Waals surface area contributed by atoms with Crippen LogP contribution in [0.2, 0.25) is 0 Å². The number of anilines is 2. The van der Waals surface area contributed by atoms with Crippen molar-refractivity contribution < 1.29 is 31.1 Å². The molecule has 0 aliphatic heterocycles. The zero-order chi connectivity index (χ0) is 18.5. The normalized spacial score (nSPS) is 11.5. The first-order chi connectivity index (χ1) is 10.9. The molecule has 0 unspecified atom stereocenters. The molecule has 1 aromatic rings. The Bertz CT molecular complexity index is 737. The molecule has 0 atom stereocenters. The molecule has 0 spiro atoms. The SMILES string of the molecule is CCOC(=O)NC(=S)Nc1cc(C(F)(F)F)cnc1NS(C)(=O)=O. The van der Waals surface area contributed by atoms with Crippen molar-refractivity contribution in [3.05, 3.63) is 17.8 Å². The molecule has 3 N–H and O–H groups in total. The first kappa shape index (κ1) is 19.9. The topological polar surface area (TPSA) is 109 Å². The van der Waals surface area contributed by atoms with Crippen LogP contribution in [0.25, 0.3) is 0 Å². The molecule has 0 aromatic carbocycles. The number of aromatic nitrogens is 1. The molecule has 1 rings (SSSR count). The predicted octanol–water partition coefficient (Wildman–Crippen LogP) is 1.91. The third-order valence-electron chi connectivity index (χ3n) is 2.24. The van der Waals surface area contributed by atoms with E-state index in [1.54, 1.807) is 6.92 Å². The van der Waals surface area contributed by atoms with Gasteiger partial charge in [0.2, 0.25) is 10.0 Å². The van der Waals surface area contributed by atoms with E-state index in [0.29, 0.717) is 12.3 Å². The highest BCUT2D eigenvalue weighted by molar-refractivity contribution is 7.92. The summed E-state index contributed by atoms with van der Waals surface area (Å²) >= 11 is 4.75. The van der Waals surface area contributed by atoms with Gasteiger partial charge in [-0.05, 0) is 25.2 Å². The number of hydrogen-bond acceptors (Lipinski definition) is 6. The van der Waals surface area contributed by atoms with Crippen LogP contribution in [-0.2, 0) is 20.9 Å². The first-order valence-electron chi connectivity index (χ1n) is 6.22. The van der Waals surface area contributed by atoms with Crippen molar-refractivity contribution in [3.63, 3.8) is 0 Å². The lowest BCUT2D eigenvalue weighted by molar-refractivity contribution is -0.137. The summed E-state index contributed by atoms with van der Waals surface area (Å²) in [5.41, 5.74) is -1.53. The van der Waals surface area contributed by atoms with Crippen molar-refractivity contribution in [2.75, 3.05) is 22.9 Å². The van der Waals surface area contributed by atoms with Gasteiger partial charge in [0.15, 0.2) is 10.9 Å². The van der Waals surface area contributed by atoms with Crippen molar-refractivity contribution in [1.29, 1.82) is 0 Å². The highest BCUT2D eigenvalue weighted by atomic mass is 32.2. The molecule has 1 heterocycles. The molecular weight excluding hydrogens is 373 g/mol. The Hall–Kier alpha value is -2.15. The minimum absolute atomic E-state index is 0.0560. The van der Waals surface area contributed by atoms with Gasteiger partial charge in [0.1, 0.15) is 0 Å². The highest BCUT2D eigenvalue weighted by Gasteiger charge is 2.32. The van der Waals surface area contributed by atoms with Crippen LogP contribution in [0.1, 0.15) is 12.5 Å². The molecule has 0 saturated heterocycles. The quantitative estimate of drug-likeness (QED) is 0.678. The van der Waals surface area contributed by atoms with E-state index in [1.807, 2.05) is 4.72 Å². The Morgan fingerprint density at radius 2 is 2.04 bits per heavy atom. The van der Waals surface area contributed by atoms with Gasteiger partial charge in [0.05, 0.1) is 24.1 Å². The number of hydrogen-bond donors (Lipinski definition) is 3. The minimum atomic E-state index is -4.71. The number of ether oxygens (including phenoxy) is 1. The number of nitrogens with zero attached hydrogens (tertiary/aromatic N) is 1. The van der Waals surface area contributed by atoms with Crippen molar-refractivity contribution in [3.8, 4) is 0 Å². The molecule has 0 bridgehead atoms. The number of carbonyl (C=O) groups is 1. The minimum Gasteiger partial charge on any atom is -0.450 e. The average molecular weight is 386 g/mol. The van der Waals surface area contributed by atoms with E-state index in [2.05, 4.69) is 20.4 Å². The molecule has 8 nitrogen and oxygen atoms in total. The number of carbonyl (C=O) groups excluding carboxylic acids is 1. The van der Waals surface area contributed by atoms with Gasteiger partial charge < -0.3 is 10.1 Å². The van der Waals surface area contributed by atoms with Gasteiger partial charge in [-0.25, -0.2) is 18.2 Å². The number of pyridine rings is 1. The van der Waals surface area contributed by atoms with E-state index in [4.69, 9.17) is 12.2 Å². The molecule has 24 heavy (non-hydrogen) atoms. The van der Waals surface area contributed by atoms with E-state index in [1.165, 1.54) is 0 Å². The number of halogens is 3. The fourth-order valence-corrected chi connectivity index (χ4v) is 2.09. The maximum atomic E-state index is 12.8. The van der Waals surface area contributed by atoms with Crippen LogP contribution in [0.3, 0.4) is 0 Å². The van der Waals surface area contributed by atoms with E-state index in [9.17, 15) is 26.4 Å². The van der Waals surface area contributed by atoms with Gasteiger partial charge in [-0.2, -0.15) is 13.2 Å². The van der Waals surface area contributed by atoms with Crippen molar-refractivity contribution in [2.45, 2.75) is 13.1 Å². The van der Waals surface area contributed by atoms with Crippen LogP contribution in [0.4, 0.5) is 29.5 Å². The van der Waals surface area contributed by atoms with Gasteiger partial charge >= 0.3 is 12.3 Å². The number of alkyl carbamates (subject to hydrolysis) is 1. The average Bonchev–Trinajstić information content (AvgIpc) is 2.37. The van der Waals surface area contributed by atoms with Gasteiger partial charge in [-0.15, -0.1) is 0 Å². The fourth-order valence-electron chi connectivity index (χ4n) is 1.39. The summed E-state index contributed by atoms with van der Waals surface area (Å²) in [4.78, 5) is 14.6. The maximum absolute atomic E-state index is 12.8. The number of nitrogens with one attached hydrogen (secondary N) is 3. The van der Waals surface area contributed by atoms with Crippen LogP contribution in [0, 0.1) is 0 Å². The Morgan fingerprint density at radius 3 is 2.54 bits per heavy atom. The fraction of sp³-hybridized carbons (Fsp3) is 0.364. The monoisotopic (exact) mass is 386 g/mol. The molecule has 0 saturated carbocycles. The maximum Gasteiger partial charge on any atom is 0.417 e. The van der Waals surface area contributed by atoms with Gasteiger partial charge in [0.25, 0.3) is 0 Å². The number of rotatable bonds is 4. The van der Waals surface area contributed by atoms with E-state index >= 15 is 0 Å². The third-order valence-corrected chi connectivity index (χ3v) is 3.00. The molecular formula is C11H13F3N4O4S2. The molecule has 13 heteroatoms. The van der Waals surface area contributed by atoms with Gasteiger partial charge in [-0.1, -0.05) is 0 Å². The number of amides is 1. The summed E-state index contributed by atoms with van der Waals surface area (Å²) in [5, 5.41) is 3.92. The highest BCUT2D eigenvalue weighted by Crippen LogP contribution is 2.32. The summed E-state index contributed by atoms with van der Waals surface area (Å²) in [7, 11) is -3.80. The zero-order valence-electron chi connectivity index (χ0n) is 12.4. The van der Waals surface area contributed by atoms with Crippen molar-refractivity contribution in [2.24, 2.45) is 0 Å². The number of thiocarbonyl (C=S) groups is 1. The van der Waals surface area contributed by atoms with E-state index in [-0.39, 0.29) is 6.61 Å². The Labute approximate surface area is 140 Å². The van der Waals surface area contributed by atoms with Crippen LogP contribution in [0.5, 0.6) is 0 Å². The summed E-state index contributed by atoms with van der Waals surface area (Å²) in [6.45, 7) is 1.60. The van der Waals surface area contributed by atoms with E-state index < -0.39 is 44.5 Å². The zero-order valence-corrected chi connectivity index (χ0v) is 14.0. The molecule has 0 fully saturated rings. The van der Waals surface area contributed by atoms with Crippen molar-refractivity contribution in [1.82, 2.24) is 10.3 Å². The Balaban J connectivity index is 3.11. The molecule has 134 valence electrons.